The third-order valence-electron chi connectivity index (χ3n) is 4.13. The molecular weight excluding hydrogens is 300 g/mol. The molecule has 1 aromatic carbocycles. The molecule has 0 aromatic heterocycles. The van der Waals surface area contributed by atoms with Crippen molar-refractivity contribution in [1.29, 1.82) is 0 Å². The Balaban J connectivity index is 1.79. The van der Waals surface area contributed by atoms with Crippen molar-refractivity contribution < 1.29 is 9.59 Å². The number of hydrogen-bond acceptors (Lipinski definition) is 2. The molecule has 3 atom stereocenters. The summed E-state index contributed by atoms with van der Waals surface area (Å²) in [6, 6.07) is 9.29. The Morgan fingerprint density at radius 2 is 1.96 bits per heavy atom. The molecule has 2 amide bonds. The van der Waals surface area contributed by atoms with E-state index >= 15 is 0 Å². The molecule has 1 unspecified atom stereocenters. The first-order valence-electron chi connectivity index (χ1n) is 8.35. The predicted molar refractivity (Wildman–Crippen MR) is 95.2 cm³/mol. The zero-order valence-electron chi connectivity index (χ0n) is 14.5. The van der Waals surface area contributed by atoms with E-state index in [0.717, 1.165) is 12.0 Å². The lowest BCUT2D eigenvalue weighted by Gasteiger charge is -2.21. The average Bonchev–Trinajstić information content (AvgIpc) is 2.55. The van der Waals surface area contributed by atoms with E-state index in [2.05, 4.69) is 16.7 Å². The van der Waals surface area contributed by atoms with Gasteiger partial charge in [0.1, 0.15) is 6.04 Å². The SMILES string of the molecule is CC1=C[C]=C[C@@H](NC(=O)[C@H](C)NC(=O)CC(C)c2ccccc2)C1. The Hall–Kier alpha value is -2.36. The minimum Gasteiger partial charge on any atom is -0.348 e. The van der Waals surface area contributed by atoms with Gasteiger partial charge in [-0.3, -0.25) is 9.59 Å². The van der Waals surface area contributed by atoms with Crippen LogP contribution >= 0.6 is 0 Å². The molecule has 0 heterocycles. The molecule has 127 valence electrons. The number of rotatable bonds is 6. The summed E-state index contributed by atoms with van der Waals surface area (Å²) < 4.78 is 0. The second kappa shape index (κ2) is 8.48. The lowest BCUT2D eigenvalue weighted by Crippen LogP contribution is -2.48. The highest BCUT2D eigenvalue weighted by Crippen LogP contribution is 2.18. The molecule has 4 heteroatoms. The summed E-state index contributed by atoms with van der Waals surface area (Å²) in [7, 11) is 0. The first-order valence-corrected chi connectivity index (χ1v) is 8.35. The molecule has 0 spiro atoms. The Bertz CT molecular complexity index is 634. The second-order valence-corrected chi connectivity index (χ2v) is 6.45. The first kappa shape index (κ1) is 18.0. The summed E-state index contributed by atoms with van der Waals surface area (Å²) in [6.45, 7) is 5.73. The second-order valence-electron chi connectivity index (χ2n) is 6.45. The van der Waals surface area contributed by atoms with Gasteiger partial charge in [0.25, 0.3) is 0 Å². The first-order chi connectivity index (χ1) is 11.5. The molecule has 2 rings (SSSR count). The van der Waals surface area contributed by atoms with Crippen molar-refractivity contribution in [2.45, 2.75) is 51.6 Å². The minimum atomic E-state index is -0.555. The van der Waals surface area contributed by atoms with Crippen molar-refractivity contribution in [3.05, 3.63) is 59.7 Å². The van der Waals surface area contributed by atoms with E-state index in [-0.39, 0.29) is 23.8 Å². The fourth-order valence-corrected chi connectivity index (χ4v) is 2.72. The number of hydrogen-bond donors (Lipinski definition) is 2. The smallest absolute Gasteiger partial charge is 0.242 e. The van der Waals surface area contributed by atoms with Crippen LogP contribution in [0.2, 0.25) is 0 Å². The Morgan fingerprint density at radius 3 is 2.62 bits per heavy atom. The van der Waals surface area contributed by atoms with Crippen molar-refractivity contribution in [3.63, 3.8) is 0 Å². The molecule has 0 fully saturated rings. The summed E-state index contributed by atoms with van der Waals surface area (Å²) in [6.07, 6.45) is 7.93. The van der Waals surface area contributed by atoms with E-state index in [9.17, 15) is 9.59 Å². The minimum absolute atomic E-state index is 0.0508. The molecular formula is C20H25N2O2. The standard InChI is InChI=1S/C20H25N2O2/c1-14-8-7-11-18(12-14)22-20(24)16(3)21-19(23)13-15(2)17-9-5-4-6-10-17/h4-6,8-11,15-16,18H,12-13H2,1-3H3,(H,21,23)(H,22,24)/t15?,16-,18+/m0/s1. The molecule has 1 aromatic rings. The van der Waals surface area contributed by atoms with E-state index in [4.69, 9.17) is 0 Å². The van der Waals surface area contributed by atoms with E-state index < -0.39 is 6.04 Å². The van der Waals surface area contributed by atoms with Crippen molar-refractivity contribution in [2.24, 2.45) is 0 Å². The van der Waals surface area contributed by atoms with Crippen LogP contribution in [-0.2, 0) is 9.59 Å². The van der Waals surface area contributed by atoms with Crippen LogP contribution in [0.25, 0.3) is 0 Å². The molecule has 0 saturated heterocycles. The van der Waals surface area contributed by atoms with E-state index in [0.29, 0.717) is 6.42 Å². The molecule has 0 saturated carbocycles. The number of nitrogens with one attached hydrogen (secondary N) is 2. The molecule has 2 N–H and O–H groups in total. The molecule has 1 radical (unpaired) electrons. The van der Waals surface area contributed by atoms with Crippen LogP contribution < -0.4 is 10.6 Å². The maximum absolute atomic E-state index is 12.2. The van der Waals surface area contributed by atoms with Gasteiger partial charge in [-0.2, -0.15) is 0 Å². The molecule has 1 aliphatic rings. The van der Waals surface area contributed by atoms with Crippen LogP contribution in [0.1, 0.15) is 45.1 Å². The summed E-state index contributed by atoms with van der Waals surface area (Å²) in [5, 5.41) is 5.71. The average molecular weight is 325 g/mol. The topological polar surface area (TPSA) is 58.2 Å². The van der Waals surface area contributed by atoms with Crippen LogP contribution in [0.5, 0.6) is 0 Å². The van der Waals surface area contributed by atoms with Crippen LogP contribution in [0, 0.1) is 6.08 Å². The van der Waals surface area contributed by atoms with Gasteiger partial charge in [-0.15, -0.1) is 0 Å². The largest absolute Gasteiger partial charge is 0.348 e. The van der Waals surface area contributed by atoms with Crippen LogP contribution in [-0.4, -0.2) is 23.9 Å². The van der Waals surface area contributed by atoms with Gasteiger partial charge in [-0.25, -0.2) is 0 Å². The predicted octanol–water partition coefficient (Wildman–Crippen LogP) is 2.88. The Morgan fingerprint density at radius 1 is 1.25 bits per heavy atom. The third kappa shape index (κ3) is 5.37. The lowest BCUT2D eigenvalue weighted by atomic mass is 9.97. The van der Waals surface area contributed by atoms with E-state index in [1.54, 1.807) is 6.92 Å². The fraction of sp³-hybridized carbons (Fsp3) is 0.400. The van der Waals surface area contributed by atoms with Gasteiger partial charge in [0.2, 0.25) is 11.8 Å². The fourth-order valence-electron chi connectivity index (χ4n) is 2.72. The Labute approximate surface area is 144 Å². The van der Waals surface area contributed by atoms with Gasteiger partial charge in [0, 0.05) is 6.42 Å². The zero-order chi connectivity index (χ0) is 17.5. The van der Waals surface area contributed by atoms with Crippen molar-refractivity contribution in [2.75, 3.05) is 0 Å². The van der Waals surface area contributed by atoms with Gasteiger partial charge in [0.15, 0.2) is 0 Å². The number of carbonyl (C=O) groups excluding carboxylic acids is 2. The van der Waals surface area contributed by atoms with Gasteiger partial charge in [-0.1, -0.05) is 55.0 Å². The zero-order valence-corrected chi connectivity index (χ0v) is 14.5. The maximum atomic E-state index is 12.2. The summed E-state index contributed by atoms with van der Waals surface area (Å²) in [5.41, 5.74) is 2.30. The normalized spacial score (nSPS) is 19.1. The van der Waals surface area contributed by atoms with Crippen LogP contribution in [0.4, 0.5) is 0 Å². The Kier molecular flexibility index (Phi) is 6.36. The molecule has 1 aliphatic carbocycles. The van der Waals surface area contributed by atoms with Gasteiger partial charge < -0.3 is 10.6 Å². The number of amides is 2. The summed E-state index contributed by atoms with van der Waals surface area (Å²) in [4.78, 5) is 24.4. The van der Waals surface area contributed by atoms with Gasteiger partial charge in [0.05, 0.1) is 6.04 Å². The lowest BCUT2D eigenvalue weighted by molar-refractivity contribution is -0.129. The quantitative estimate of drug-likeness (QED) is 0.845. The van der Waals surface area contributed by atoms with Crippen molar-refractivity contribution >= 4 is 11.8 Å². The molecule has 24 heavy (non-hydrogen) atoms. The van der Waals surface area contributed by atoms with E-state index in [1.807, 2.05) is 56.3 Å². The highest BCUT2D eigenvalue weighted by atomic mass is 16.2. The summed E-state index contributed by atoms with van der Waals surface area (Å²) in [5.74, 6) is -0.172. The monoisotopic (exact) mass is 325 g/mol. The summed E-state index contributed by atoms with van der Waals surface area (Å²) >= 11 is 0. The van der Waals surface area contributed by atoms with Gasteiger partial charge in [-0.05, 0) is 37.8 Å². The van der Waals surface area contributed by atoms with Crippen LogP contribution in [0.15, 0.2) is 48.1 Å². The van der Waals surface area contributed by atoms with Crippen molar-refractivity contribution in [3.8, 4) is 0 Å². The van der Waals surface area contributed by atoms with Gasteiger partial charge >= 0.3 is 0 Å². The third-order valence-corrected chi connectivity index (χ3v) is 4.13. The number of allylic oxidation sites excluding steroid dienone is 2. The molecule has 0 aliphatic heterocycles. The number of benzene rings is 1. The molecule has 0 bridgehead atoms. The highest BCUT2D eigenvalue weighted by molar-refractivity contribution is 5.87. The van der Waals surface area contributed by atoms with E-state index in [1.165, 1.54) is 5.57 Å². The van der Waals surface area contributed by atoms with Crippen LogP contribution in [0.3, 0.4) is 0 Å². The highest BCUT2D eigenvalue weighted by Gasteiger charge is 2.20. The number of carbonyl (C=O) groups is 2. The maximum Gasteiger partial charge on any atom is 0.242 e. The molecule has 4 nitrogen and oxygen atoms in total. The van der Waals surface area contributed by atoms with Crippen molar-refractivity contribution in [1.82, 2.24) is 10.6 Å².